The summed E-state index contributed by atoms with van der Waals surface area (Å²) in [5.74, 6) is -0.191. The monoisotopic (exact) mass is 294 g/mol. The predicted molar refractivity (Wildman–Crippen MR) is 80.8 cm³/mol. The number of hydrogen-bond acceptors (Lipinski definition) is 1. The molecule has 0 aliphatic rings. The highest BCUT2D eigenvalue weighted by molar-refractivity contribution is 6.20. The van der Waals surface area contributed by atoms with E-state index in [2.05, 4.69) is 18.9 Å². The van der Waals surface area contributed by atoms with Crippen LogP contribution in [0.3, 0.4) is 0 Å². The van der Waals surface area contributed by atoms with E-state index in [9.17, 15) is 4.39 Å². The van der Waals surface area contributed by atoms with Crippen molar-refractivity contribution in [3.05, 3.63) is 52.6 Å². The van der Waals surface area contributed by atoms with Crippen molar-refractivity contribution < 1.29 is 4.39 Å². The first-order valence-corrected chi connectivity index (χ1v) is 7.48. The topological polar surface area (TPSA) is 17.8 Å². The van der Waals surface area contributed by atoms with Gasteiger partial charge in [0.05, 0.1) is 17.6 Å². The first-order chi connectivity index (χ1) is 9.58. The van der Waals surface area contributed by atoms with E-state index in [4.69, 9.17) is 11.6 Å². The molecule has 1 atom stereocenters. The second kappa shape index (κ2) is 6.40. The van der Waals surface area contributed by atoms with Crippen molar-refractivity contribution in [3.8, 4) is 0 Å². The minimum atomic E-state index is -0.191. The van der Waals surface area contributed by atoms with Gasteiger partial charge < -0.3 is 0 Å². The number of alkyl halides is 1. The van der Waals surface area contributed by atoms with Crippen LogP contribution in [0, 0.1) is 5.82 Å². The molecule has 2 rings (SSSR count). The lowest BCUT2D eigenvalue weighted by molar-refractivity contribution is 0.573. The Morgan fingerprint density at radius 3 is 2.50 bits per heavy atom. The molecule has 0 aliphatic carbocycles. The van der Waals surface area contributed by atoms with Crippen LogP contribution >= 0.6 is 11.6 Å². The third-order valence-corrected chi connectivity index (χ3v) is 3.74. The molecule has 0 N–H and O–H groups in total. The second-order valence-corrected chi connectivity index (χ2v) is 5.53. The molecule has 0 spiro atoms. The fourth-order valence-electron chi connectivity index (χ4n) is 2.58. The van der Waals surface area contributed by atoms with E-state index in [1.54, 1.807) is 12.1 Å². The van der Waals surface area contributed by atoms with Crippen molar-refractivity contribution in [3.63, 3.8) is 0 Å². The molecule has 2 aromatic rings. The quantitative estimate of drug-likeness (QED) is 0.743. The van der Waals surface area contributed by atoms with Crippen LogP contribution in [-0.4, -0.2) is 9.78 Å². The maximum atomic E-state index is 13.8. The van der Waals surface area contributed by atoms with Crippen LogP contribution in [0.2, 0.25) is 0 Å². The van der Waals surface area contributed by atoms with Gasteiger partial charge in [0.25, 0.3) is 0 Å². The van der Waals surface area contributed by atoms with Gasteiger partial charge in [0, 0.05) is 16.8 Å². The summed E-state index contributed by atoms with van der Waals surface area (Å²) >= 11 is 6.29. The average molecular weight is 295 g/mol. The Hall–Kier alpha value is -1.35. The highest BCUT2D eigenvalue weighted by Crippen LogP contribution is 2.28. The molecule has 0 fully saturated rings. The van der Waals surface area contributed by atoms with Crippen LogP contribution in [-0.2, 0) is 19.4 Å². The average Bonchev–Trinajstić information content (AvgIpc) is 2.79. The molecule has 1 aromatic heterocycles. The number of halogens is 2. The molecule has 0 radical (unpaired) electrons. The van der Waals surface area contributed by atoms with E-state index in [0.29, 0.717) is 12.1 Å². The van der Waals surface area contributed by atoms with Crippen LogP contribution in [0.4, 0.5) is 4.39 Å². The molecule has 0 saturated carbocycles. The molecule has 1 unspecified atom stereocenters. The Kier molecular flexibility index (Phi) is 4.81. The SMILES string of the molecule is CCc1nn(Cc2ccccc2F)c(CC)c1C(C)Cl. The number of hydrogen-bond donors (Lipinski definition) is 0. The molecular formula is C16H20ClFN2. The number of rotatable bonds is 5. The summed E-state index contributed by atoms with van der Waals surface area (Å²) in [6, 6.07) is 6.83. The van der Waals surface area contributed by atoms with Crippen LogP contribution in [0.15, 0.2) is 24.3 Å². The van der Waals surface area contributed by atoms with Crippen molar-refractivity contribution in [1.82, 2.24) is 9.78 Å². The van der Waals surface area contributed by atoms with Gasteiger partial charge in [-0.1, -0.05) is 32.0 Å². The van der Waals surface area contributed by atoms with Crippen LogP contribution in [0.5, 0.6) is 0 Å². The molecule has 20 heavy (non-hydrogen) atoms. The smallest absolute Gasteiger partial charge is 0.128 e. The summed E-state index contributed by atoms with van der Waals surface area (Å²) in [4.78, 5) is 0. The summed E-state index contributed by atoms with van der Waals surface area (Å²) in [6.45, 7) is 6.56. The molecule has 0 aliphatic heterocycles. The molecule has 0 saturated heterocycles. The van der Waals surface area contributed by atoms with E-state index in [1.807, 2.05) is 17.7 Å². The lowest BCUT2D eigenvalue weighted by Crippen LogP contribution is -2.08. The van der Waals surface area contributed by atoms with Gasteiger partial charge in [-0.2, -0.15) is 5.10 Å². The zero-order valence-electron chi connectivity index (χ0n) is 12.2. The summed E-state index contributed by atoms with van der Waals surface area (Å²) in [5.41, 5.74) is 3.88. The predicted octanol–water partition coefficient (Wildman–Crippen LogP) is 4.50. The zero-order valence-corrected chi connectivity index (χ0v) is 12.9. The van der Waals surface area contributed by atoms with Gasteiger partial charge in [0.15, 0.2) is 0 Å². The highest BCUT2D eigenvalue weighted by atomic mass is 35.5. The van der Waals surface area contributed by atoms with Gasteiger partial charge in [0.1, 0.15) is 5.82 Å². The number of nitrogens with zero attached hydrogens (tertiary/aromatic N) is 2. The van der Waals surface area contributed by atoms with Crippen molar-refractivity contribution in [1.29, 1.82) is 0 Å². The molecular weight excluding hydrogens is 275 g/mol. The maximum absolute atomic E-state index is 13.8. The standard InChI is InChI=1S/C16H20ClFN2/c1-4-14-16(11(3)17)15(5-2)20(19-14)10-12-8-6-7-9-13(12)18/h6-9,11H,4-5,10H2,1-3H3. The number of aromatic nitrogens is 2. The van der Waals surface area contributed by atoms with E-state index in [0.717, 1.165) is 29.8 Å². The Morgan fingerprint density at radius 1 is 1.25 bits per heavy atom. The summed E-state index contributed by atoms with van der Waals surface area (Å²) in [6.07, 6.45) is 1.68. The minimum Gasteiger partial charge on any atom is -0.264 e. The number of benzene rings is 1. The fourth-order valence-corrected chi connectivity index (χ4v) is 2.83. The summed E-state index contributed by atoms with van der Waals surface area (Å²) < 4.78 is 15.7. The third kappa shape index (κ3) is 2.88. The van der Waals surface area contributed by atoms with Gasteiger partial charge in [-0.05, 0) is 25.8 Å². The lowest BCUT2D eigenvalue weighted by Gasteiger charge is -2.10. The van der Waals surface area contributed by atoms with Gasteiger partial charge in [-0.3, -0.25) is 4.68 Å². The first kappa shape index (κ1) is 15.0. The molecule has 1 heterocycles. The normalized spacial score (nSPS) is 12.7. The summed E-state index contributed by atoms with van der Waals surface area (Å²) in [7, 11) is 0. The largest absolute Gasteiger partial charge is 0.264 e. The summed E-state index contributed by atoms with van der Waals surface area (Å²) in [5, 5.41) is 4.55. The Balaban J connectivity index is 2.44. The third-order valence-electron chi connectivity index (χ3n) is 3.52. The number of aryl methyl sites for hydroxylation is 1. The maximum Gasteiger partial charge on any atom is 0.128 e. The van der Waals surface area contributed by atoms with E-state index in [1.165, 1.54) is 6.07 Å². The minimum absolute atomic E-state index is 0.0747. The van der Waals surface area contributed by atoms with Gasteiger partial charge in [-0.15, -0.1) is 11.6 Å². The second-order valence-electron chi connectivity index (χ2n) is 4.88. The first-order valence-electron chi connectivity index (χ1n) is 7.04. The van der Waals surface area contributed by atoms with Crippen LogP contribution < -0.4 is 0 Å². The van der Waals surface area contributed by atoms with E-state index in [-0.39, 0.29) is 11.2 Å². The van der Waals surface area contributed by atoms with E-state index < -0.39 is 0 Å². The van der Waals surface area contributed by atoms with Gasteiger partial charge in [-0.25, -0.2) is 4.39 Å². The Bertz CT molecular complexity index is 590. The fraction of sp³-hybridized carbons (Fsp3) is 0.438. The van der Waals surface area contributed by atoms with Crippen molar-refractivity contribution in [2.24, 2.45) is 0 Å². The van der Waals surface area contributed by atoms with Crippen molar-refractivity contribution >= 4 is 11.6 Å². The van der Waals surface area contributed by atoms with E-state index >= 15 is 0 Å². The van der Waals surface area contributed by atoms with Gasteiger partial charge in [0.2, 0.25) is 0 Å². The molecule has 4 heteroatoms. The van der Waals surface area contributed by atoms with Crippen LogP contribution in [0.25, 0.3) is 0 Å². The van der Waals surface area contributed by atoms with Crippen molar-refractivity contribution in [2.45, 2.75) is 45.5 Å². The molecule has 0 bridgehead atoms. The highest BCUT2D eigenvalue weighted by Gasteiger charge is 2.19. The molecule has 1 aromatic carbocycles. The lowest BCUT2D eigenvalue weighted by atomic mass is 10.1. The zero-order chi connectivity index (χ0) is 14.7. The molecule has 108 valence electrons. The molecule has 2 nitrogen and oxygen atoms in total. The van der Waals surface area contributed by atoms with Crippen molar-refractivity contribution in [2.75, 3.05) is 0 Å². The Morgan fingerprint density at radius 2 is 1.95 bits per heavy atom. The molecule has 0 amide bonds. The Labute approximate surface area is 124 Å². The van der Waals surface area contributed by atoms with Crippen LogP contribution in [0.1, 0.15) is 48.7 Å². The van der Waals surface area contributed by atoms with Gasteiger partial charge >= 0.3 is 0 Å².